The Balaban J connectivity index is 3.36. The van der Waals surface area contributed by atoms with Crippen LogP contribution in [-0.4, -0.2) is 17.0 Å². The number of anilines is 1. The molecule has 0 saturated heterocycles. The van der Waals surface area contributed by atoms with E-state index < -0.39 is 28.4 Å². The lowest BCUT2D eigenvalue weighted by molar-refractivity contribution is -0.385. The van der Waals surface area contributed by atoms with Crippen LogP contribution in [0.15, 0.2) is 6.07 Å². The Morgan fingerprint density at radius 2 is 1.79 bits per heavy atom. The number of amides is 1. The molecular formula is C8H2F3I3N2O3. The molecule has 1 N–H and O–H groups in total. The first-order valence-corrected chi connectivity index (χ1v) is 7.49. The van der Waals surface area contributed by atoms with E-state index in [1.165, 1.54) is 5.32 Å². The number of alkyl halides is 3. The number of carbonyl (C=O) groups is 1. The van der Waals surface area contributed by atoms with Crippen LogP contribution < -0.4 is 5.32 Å². The Morgan fingerprint density at radius 3 is 2.21 bits per heavy atom. The van der Waals surface area contributed by atoms with E-state index >= 15 is 0 Å². The summed E-state index contributed by atoms with van der Waals surface area (Å²) < 4.78 is 37.7. The van der Waals surface area contributed by atoms with Crippen molar-refractivity contribution in [1.29, 1.82) is 0 Å². The summed E-state index contributed by atoms with van der Waals surface area (Å²) in [5.41, 5.74) is -1.02. The van der Waals surface area contributed by atoms with E-state index in [0.29, 0.717) is 7.14 Å². The lowest BCUT2D eigenvalue weighted by atomic mass is 10.2. The fourth-order valence-electron chi connectivity index (χ4n) is 1.05. The summed E-state index contributed by atoms with van der Waals surface area (Å²) >= 11 is 5.31. The predicted molar refractivity (Wildman–Crippen MR) is 85.9 cm³/mol. The molecule has 0 heterocycles. The second-order valence-electron chi connectivity index (χ2n) is 3.09. The van der Waals surface area contributed by atoms with Crippen LogP contribution in [0.1, 0.15) is 0 Å². The van der Waals surface area contributed by atoms with Gasteiger partial charge in [-0.2, -0.15) is 13.2 Å². The third kappa shape index (κ3) is 4.02. The van der Waals surface area contributed by atoms with E-state index in [1.54, 1.807) is 22.6 Å². The normalized spacial score (nSPS) is 11.3. The maximum Gasteiger partial charge on any atom is 0.471 e. The summed E-state index contributed by atoms with van der Waals surface area (Å²) in [7, 11) is 0. The fourth-order valence-corrected chi connectivity index (χ4v) is 3.34. The Bertz CT molecular complexity index is 562. The number of rotatable bonds is 2. The molecule has 0 bridgehead atoms. The lowest BCUT2D eigenvalue weighted by Gasteiger charge is -2.11. The minimum atomic E-state index is -5.10. The van der Waals surface area contributed by atoms with Crippen LogP contribution >= 0.6 is 67.8 Å². The molecule has 19 heavy (non-hydrogen) atoms. The number of hydrogen-bond acceptors (Lipinski definition) is 3. The summed E-state index contributed by atoms with van der Waals surface area (Å²) in [4.78, 5) is 20.9. The average Bonchev–Trinajstić information content (AvgIpc) is 2.24. The van der Waals surface area contributed by atoms with E-state index in [1.807, 2.05) is 45.2 Å². The lowest BCUT2D eigenvalue weighted by Crippen LogP contribution is -2.30. The number of halogens is 6. The van der Waals surface area contributed by atoms with E-state index in [0.717, 1.165) is 6.07 Å². The van der Waals surface area contributed by atoms with Gasteiger partial charge in [0.2, 0.25) is 0 Å². The molecule has 0 unspecified atom stereocenters. The largest absolute Gasteiger partial charge is 0.471 e. The van der Waals surface area contributed by atoms with Gasteiger partial charge in [0.15, 0.2) is 0 Å². The summed E-state index contributed by atoms with van der Waals surface area (Å²) in [6.45, 7) is 0. The molecule has 1 aromatic rings. The molecular weight excluding hydrogens is 610 g/mol. The third-order valence-corrected chi connectivity index (χ3v) is 6.91. The van der Waals surface area contributed by atoms with Gasteiger partial charge in [0, 0.05) is 7.14 Å². The van der Waals surface area contributed by atoms with Crippen molar-refractivity contribution in [2.24, 2.45) is 0 Å². The van der Waals surface area contributed by atoms with Gasteiger partial charge in [-0.05, 0) is 73.8 Å². The van der Waals surface area contributed by atoms with Crippen LogP contribution in [0.3, 0.4) is 0 Å². The predicted octanol–water partition coefficient (Wildman–Crippen LogP) is 3.91. The van der Waals surface area contributed by atoms with Crippen molar-refractivity contribution in [1.82, 2.24) is 0 Å². The van der Waals surface area contributed by atoms with Gasteiger partial charge in [-0.25, -0.2) is 0 Å². The molecule has 1 aromatic carbocycles. The van der Waals surface area contributed by atoms with Gasteiger partial charge in [-0.15, -0.1) is 0 Å². The van der Waals surface area contributed by atoms with Crippen molar-refractivity contribution in [3.63, 3.8) is 0 Å². The van der Waals surface area contributed by atoms with Crippen LogP contribution in [0.25, 0.3) is 0 Å². The number of nitrogens with zero attached hydrogens (tertiary/aromatic N) is 1. The molecule has 0 spiro atoms. The molecule has 0 aliphatic carbocycles. The molecule has 0 aliphatic rings. The molecule has 5 nitrogen and oxygen atoms in total. The molecule has 0 atom stereocenters. The highest BCUT2D eigenvalue weighted by Crippen LogP contribution is 2.37. The van der Waals surface area contributed by atoms with E-state index in [4.69, 9.17) is 0 Å². The van der Waals surface area contributed by atoms with Crippen molar-refractivity contribution in [3.8, 4) is 0 Å². The maximum absolute atomic E-state index is 12.2. The summed E-state index contributed by atoms with van der Waals surface area (Å²) in [5, 5.41) is 12.4. The highest BCUT2D eigenvalue weighted by Gasteiger charge is 2.40. The van der Waals surface area contributed by atoms with E-state index in [-0.39, 0.29) is 3.57 Å². The third-order valence-electron chi connectivity index (χ3n) is 1.82. The topological polar surface area (TPSA) is 72.2 Å². The number of carbonyl (C=O) groups excluding carboxylic acids is 1. The van der Waals surface area contributed by atoms with Gasteiger partial charge in [0.05, 0.1) is 4.92 Å². The minimum absolute atomic E-state index is 0.174. The quantitative estimate of drug-likeness (QED) is 0.239. The second kappa shape index (κ2) is 6.23. The minimum Gasteiger partial charge on any atom is -0.312 e. The smallest absolute Gasteiger partial charge is 0.312 e. The average molecular weight is 612 g/mol. The highest BCUT2D eigenvalue weighted by molar-refractivity contribution is 14.1. The number of nitro groups is 1. The molecule has 1 rings (SSSR count). The molecule has 0 aromatic heterocycles. The van der Waals surface area contributed by atoms with Crippen LogP contribution in [-0.2, 0) is 4.79 Å². The molecule has 11 heteroatoms. The fraction of sp³-hybridized carbons (Fsp3) is 0.125. The van der Waals surface area contributed by atoms with E-state index in [2.05, 4.69) is 0 Å². The van der Waals surface area contributed by atoms with Gasteiger partial charge in [0.25, 0.3) is 0 Å². The van der Waals surface area contributed by atoms with Crippen molar-refractivity contribution >= 4 is 85.1 Å². The molecule has 0 saturated carbocycles. The Morgan fingerprint density at radius 1 is 1.26 bits per heavy atom. The van der Waals surface area contributed by atoms with Crippen molar-refractivity contribution in [2.75, 3.05) is 5.32 Å². The van der Waals surface area contributed by atoms with Crippen LogP contribution in [0.2, 0.25) is 0 Å². The first kappa shape index (κ1) is 17.1. The SMILES string of the molecule is O=C(Nc1cc(I)c(I)c(I)c1[N+](=O)[O-])C(F)(F)F. The van der Waals surface area contributed by atoms with E-state index in [9.17, 15) is 28.1 Å². The number of nitrogens with one attached hydrogen (secondary N) is 1. The van der Waals surface area contributed by atoms with Crippen LogP contribution in [0.5, 0.6) is 0 Å². The zero-order valence-electron chi connectivity index (χ0n) is 8.52. The molecule has 0 aliphatic heterocycles. The molecule has 0 radical (unpaired) electrons. The highest BCUT2D eigenvalue weighted by atomic mass is 127. The molecule has 1 amide bonds. The molecule has 0 fully saturated rings. The van der Waals surface area contributed by atoms with Gasteiger partial charge in [-0.1, -0.05) is 0 Å². The summed E-state index contributed by atoms with van der Waals surface area (Å²) in [6, 6.07) is 1.13. The maximum atomic E-state index is 12.2. The number of benzene rings is 1. The van der Waals surface area contributed by atoms with Gasteiger partial charge >= 0.3 is 17.8 Å². The monoisotopic (exact) mass is 612 g/mol. The van der Waals surface area contributed by atoms with Crippen molar-refractivity contribution in [3.05, 3.63) is 26.9 Å². The van der Waals surface area contributed by atoms with Crippen LogP contribution in [0, 0.1) is 20.8 Å². The second-order valence-corrected chi connectivity index (χ2v) is 6.41. The van der Waals surface area contributed by atoms with Crippen LogP contribution in [0.4, 0.5) is 24.5 Å². The van der Waals surface area contributed by atoms with Crippen molar-refractivity contribution in [2.45, 2.75) is 6.18 Å². The van der Waals surface area contributed by atoms with Gasteiger partial charge in [0.1, 0.15) is 9.26 Å². The zero-order chi connectivity index (χ0) is 15.0. The Hall–Kier alpha value is 0.0700. The molecule has 104 valence electrons. The number of hydrogen-bond donors (Lipinski definition) is 1. The zero-order valence-corrected chi connectivity index (χ0v) is 15.0. The summed E-state index contributed by atoms with van der Waals surface area (Å²) in [6.07, 6.45) is -5.10. The summed E-state index contributed by atoms with van der Waals surface area (Å²) in [5.74, 6) is -2.25. The number of nitro benzene ring substituents is 1. The van der Waals surface area contributed by atoms with Crippen molar-refractivity contribution < 1.29 is 22.9 Å². The Kier molecular flexibility index (Phi) is 5.61. The first-order valence-electron chi connectivity index (χ1n) is 4.25. The Labute approximate surface area is 145 Å². The first-order chi connectivity index (χ1) is 8.55. The van der Waals surface area contributed by atoms with Gasteiger partial charge < -0.3 is 5.32 Å². The standard InChI is InChI=1S/C8H2F3I3N2O3/c9-8(10,11)7(17)15-3-1-2(12)4(13)5(14)6(3)16(18)19/h1H,(H,15,17). The van der Waals surface area contributed by atoms with Gasteiger partial charge in [-0.3, -0.25) is 14.9 Å².